The van der Waals surface area contributed by atoms with Crippen molar-refractivity contribution in [3.8, 4) is 34.1 Å². The van der Waals surface area contributed by atoms with E-state index in [-0.39, 0.29) is 26.5 Å². The van der Waals surface area contributed by atoms with Gasteiger partial charge in [0.1, 0.15) is 5.82 Å². The van der Waals surface area contributed by atoms with Gasteiger partial charge in [-0.15, -0.1) is 41.3 Å². The van der Waals surface area contributed by atoms with Gasteiger partial charge in [0.2, 0.25) is 0 Å². The van der Waals surface area contributed by atoms with Crippen LogP contribution in [0.5, 0.6) is 11.5 Å². The Kier molecular flexibility index (Phi) is 8.95. The molecule has 244 valence electrons. The Labute approximate surface area is 297 Å². The Hall–Kier alpha value is -4.47. The second kappa shape index (κ2) is 12.9. The summed E-state index contributed by atoms with van der Waals surface area (Å²) in [6, 6.07) is 36.8. The van der Waals surface area contributed by atoms with Crippen molar-refractivity contribution >= 4 is 21.8 Å². The Bertz CT molecular complexity index is 2270. The van der Waals surface area contributed by atoms with Gasteiger partial charge in [-0.25, -0.2) is 4.98 Å². The van der Waals surface area contributed by atoms with Gasteiger partial charge in [0.25, 0.3) is 0 Å². The van der Waals surface area contributed by atoms with E-state index in [1.165, 1.54) is 10.9 Å². The summed E-state index contributed by atoms with van der Waals surface area (Å²) >= 11 is 0. The third kappa shape index (κ3) is 6.13. The molecule has 0 N–H and O–H groups in total. The Morgan fingerprint density at radius 3 is 2.27 bits per heavy atom. The number of ether oxygens (including phenoxy) is 1. The molecule has 3 aromatic heterocycles. The van der Waals surface area contributed by atoms with Gasteiger partial charge in [0, 0.05) is 34.5 Å². The van der Waals surface area contributed by atoms with Crippen LogP contribution in [0.1, 0.15) is 68.6 Å². The zero-order valence-electron chi connectivity index (χ0n) is 28.8. The first-order valence-electron chi connectivity index (χ1n) is 16.3. The molecule has 0 saturated carbocycles. The number of hydrogen-bond donors (Lipinski definition) is 0. The maximum absolute atomic E-state index is 6.63. The van der Waals surface area contributed by atoms with Crippen molar-refractivity contribution in [2.24, 2.45) is 0 Å². The average Bonchev–Trinajstić information content (AvgIpc) is 3.53. The fourth-order valence-electron chi connectivity index (χ4n) is 6.39. The molecule has 5 nitrogen and oxygen atoms in total. The fourth-order valence-corrected chi connectivity index (χ4v) is 6.39. The zero-order valence-corrected chi connectivity index (χ0v) is 31.0. The predicted molar refractivity (Wildman–Crippen MR) is 192 cm³/mol. The quantitative estimate of drug-likeness (QED) is 0.157. The van der Waals surface area contributed by atoms with E-state index in [1.54, 1.807) is 0 Å². The molecule has 0 fully saturated rings. The van der Waals surface area contributed by atoms with E-state index in [0.29, 0.717) is 17.4 Å². The molecule has 4 aromatic carbocycles. The molecule has 0 unspecified atom stereocenters. The molecular weight excluding hydrogens is 772 g/mol. The van der Waals surface area contributed by atoms with Crippen molar-refractivity contribution in [3.63, 3.8) is 0 Å². The van der Waals surface area contributed by atoms with Gasteiger partial charge in [-0.1, -0.05) is 82.6 Å². The van der Waals surface area contributed by atoms with Crippen molar-refractivity contribution in [1.29, 1.82) is 0 Å². The van der Waals surface area contributed by atoms with Crippen molar-refractivity contribution in [2.75, 3.05) is 0 Å². The SMILES string of the molecule is Cc1ccnc(-n2c3[c-]c(Oc4[c-]c(-n5nc(C)c(-c6ccccc6)c5C)cc(C(C)(C)C)c4)ccc3c3cc(C(C)C)ccc32)c1.[Pt+2]. The van der Waals surface area contributed by atoms with Crippen LogP contribution >= 0.6 is 0 Å². The molecule has 0 radical (unpaired) electrons. The van der Waals surface area contributed by atoms with Crippen LogP contribution < -0.4 is 4.74 Å². The van der Waals surface area contributed by atoms with E-state index in [1.807, 2.05) is 29.1 Å². The Morgan fingerprint density at radius 1 is 0.792 bits per heavy atom. The number of aromatic nitrogens is 4. The van der Waals surface area contributed by atoms with Gasteiger partial charge < -0.3 is 9.30 Å². The summed E-state index contributed by atoms with van der Waals surface area (Å²) in [5.74, 6) is 2.52. The molecule has 0 bridgehead atoms. The normalized spacial score (nSPS) is 11.8. The largest absolute Gasteiger partial charge is 2.00 e. The summed E-state index contributed by atoms with van der Waals surface area (Å²) in [5, 5.41) is 7.27. The van der Waals surface area contributed by atoms with Crippen LogP contribution in [0.15, 0.2) is 91.1 Å². The molecule has 7 rings (SSSR count). The molecule has 6 heteroatoms. The molecule has 0 aliphatic heterocycles. The monoisotopic (exact) mass is 811 g/mol. The predicted octanol–water partition coefficient (Wildman–Crippen LogP) is 10.8. The minimum absolute atomic E-state index is 0. The summed E-state index contributed by atoms with van der Waals surface area (Å²) < 4.78 is 10.8. The number of fused-ring (bicyclic) bond motifs is 3. The summed E-state index contributed by atoms with van der Waals surface area (Å²) in [7, 11) is 0. The van der Waals surface area contributed by atoms with E-state index < -0.39 is 0 Å². The topological polar surface area (TPSA) is 44.9 Å². The van der Waals surface area contributed by atoms with Crippen molar-refractivity contribution in [2.45, 2.75) is 66.7 Å². The van der Waals surface area contributed by atoms with E-state index in [0.717, 1.165) is 61.6 Å². The second-order valence-corrected chi connectivity index (χ2v) is 13.8. The molecule has 48 heavy (non-hydrogen) atoms. The molecule has 7 aromatic rings. The number of hydrogen-bond acceptors (Lipinski definition) is 3. The van der Waals surface area contributed by atoms with Crippen LogP contribution in [0.25, 0.3) is 44.4 Å². The molecule has 3 heterocycles. The first-order chi connectivity index (χ1) is 22.5. The molecule has 0 atom stereocenters. The third-order valence-electron chi connectivity index (χ3n) is 8.97. The summed E-state index contributed by atoms with van der Waals surface area (Å²) in [4.78, 5) is 4.76. The minimum atomic E-state index is -0.120. The molecule has 0 amide bonds. The van der Waals surface area contributed by atoms with Crippen LogP contribution in [0, 0.1) is 32.9 Å². The third-order valence-corrected chi connectivity index (χ3v) is 8.97. The molecule has 0 aliphatic carbocycles. The first kappa shape index (κ1) is 33.4. The Morgan fingerprint density at radius 2 is 1.56 bits per heavy atom. The summed E-state index contributed by atoms with van der Waals surface area (Å²) in [6.45, 7) is 17.4. The van der Waals surface area contributed by atoms with E-state index >= 15 is 0 Å². The van der Waals surface area contributed by atoms with Crippen LogP contribution in [-0.2, 0) is 26.5 Å². The van der Waals surface area contributed by atoms with Crippen LogP contribution in [0.2, 0.25) is 0 Å². The zero-order chi connectivity index (χ0) is 33.0. The minimum Gasteiger partial charge on any atom is -0.509 e. The summed E-state index contributed by atoms with van der Waals surface area (Å²) in [5.41, 5.74) is 10.7. The maximum atomic E-state index is 6.63. The molecular formula is C42H40N4OPt. The fraction of sp³-hybridized carbons (Fsp3) is 0.238. The van der Waals surface area contributed by atoms with Gasteiger partial charge in [-0.05, 0) is 78.1 Å². The van der Waals surface area contributed by atoms with Gasteiger partial charge >= 0.3 is 21.1 Å². The number of aryl methyl sites for hydroxylation is 2. The average molecular weight is 812 g/mol. The van der Waals surface area contributed by atoms with Crippen LogP contribution in [0.3, 0.4) is 0 Å². The number of pyridine rings is 1. The van der Waals surface area contributed by atoms with Crippen molar-refractivity contribution in [1.82, 2.24) is 19.3 Å². The van der Waals surface area contributed by atoms with Gasteiger partial charge in [0.05, 0.1) is 5.69 Å². The van der Waals surface area contributed by atoms with E-state index in [4.69, 9.17) is 14.8 Å². The standard InChI is InChI=1S/C42H40N4O.Pt/c1-26(2)31-14-17-38-37(21-31)36-16-15-34(25-39(36)45(38)40-20-27(3)18-19-43-40)47-35-23-32(42(6,7)8)22-33(24-35)46-29(5)41(28(4)44-46)30-12-10-9-11-13-30;/h9-23,26H,1-8H3;/q-2;+2. The van der Waals surface area contributed by atoms with E-state index in [2.05, 4.69) is 139 Å². The van der Waals surface area contributed by atoms with Crippen LogP contribution in [0.4, 0.5) is 0 Å². The van der Waals surface area contributed by atoms with E-state index in [9.17, 15) is 0 Å². The summed E-state index contributed by atoms with van der Waals surface area (Å²) in [6.07, 6.45) is 1.86. The second-order valence-electron chi connectivity index (χ2n) is 13.8. The van der Waals surface area contributed by atoms with Gasteiger partial charge in [-0.3, -0.25) is 4.68 Å². The first-order valence-corrected chi connectivity index (χ1v) is 16.3. The maximum Gasteiger partial charge on any atom is 2.00 e. The van der Waals surface area contributed by atoms with Crippen molar-refractivity contribution < 1.29 is 25.8 Å². The number of nitrogens with zero attached hydrogens (tertiary/aromatic N) is 4. The van der Waals surface area contributed by atoms with Crippen molar-refractivity contribution in [3.05, 3.63) is 131 Å². The Balaban J connectivity index is 0.00000401. The van der Waals surface area contributed by atoms with Crippen LogP contribution in [-0.4, -0.2) is 19.3 Å². The van der Waals surface area contributed by atoms with Gasteiger partial charge in [-0.2, -0.15) is 11.2 Å². The molecule has 0 spiro atoms. The number of rotatable bonds is 6. The molecule has 0 aliphatic rings. The molecule has 0 saturated heterocycles. The number of benzene rings is 4. The smallest absolute Gasteiger partial charge is 0.509 e. The van der Waals surface area contributed by atoms with Gasteiger partial charge in [0.15, 0.2) is 0 Å².